The second kappa shape index (κ2) is 8.74. The van der Waals surface area contributed by atoms with Gasteiger partial charge >= 0.3 is 6.18 Å². The highest BCUT2D eigenvalue weighted by atomic mass is 19.4. The summed E-state index contributed by atoms with van der Waals surface area (Å²) in [7, 11) is 1.79. The third-order valence-electron chi connectivity index (χ3n) is 5.66. The molecule has 2 aromatic heterocycles. The molecule has 168 valence electrons. The number of amides is 1. The molecule has 1 amide bonds. The van der Waals surface area contributed by atoms with E-state index in [1.54, 1.807) is 41.2 Å². The van der Waals surface area contributed by atoms with Crippen LogP contribution < -0.4 is 0 Å². The zero-order chi connectivity index (χ0) is 22.9. The smallest absolute Gasteiger partial charge is 0.368 e. The van der Waals surface area contributed by atoms with Gasteiger partial charge in [0.15, 0.2) is 0 Å². The van der Waals surface area contributed by atoms with Crippen molar-refractivity contribution >= 4 is 5.91 Å². The number of morpholine rings is 1. The van der Waals surface area contributed by atoms with Gasteiger partial charge in [0, 0.05) is 25.5 Å². The molecule has 6 nitrogen and oxygen atoms in total. The first-order chi connectivity index (χ1) is 15.2. The van der Waals surface area contributed by atoms with Gasteiger partial charge in [-0.15, -0.1) is 0 Å². The van der Waals surface area contributed by atoms with E-state index in [1.165, 1.54) is 6.07 Å². The second-order valence-electron chi connectivity index (χ2n) is 7.84. The van der Waals surface area contributed by atoms with E-state index in [0.29, 0.717) is 42.9 Å². The van der Waals surface area contributed by atoms with Gasteiger partial charge in [0.05, 0.1) is 36.2 Å². The Balaban J connectivity index is 1.44. The molecule has 0 aliphatic carbocycles. The Kier molecular flexibility index (Phi) is 6.01. The maximum Gasteiger partial charge on any atom is 0.416 e. The van der Waals surface area contributed by atoms with Crippen molar-refractivity contribution in [3.63, 3.8) is 0 Å². The summed E-state index contributed by atoms with van der Waals surface area (Å²) >= 11 is 0. The fourth-order valence-corrected chi connectivity index (χ4v) is 3.72. The molecule has 0 unspecified atom stereocenters. The normalized spacial score (nSPS) is 16.9. The van der Waals surface area contributed by atoms with E-state index in [2.05, 4.69) is 10.1 Å². The number of alkyl halides is 3. The fraction of sp³-hybridized carbons (Fsp3) is 0.348. The summed E-state index contributed by atoms with van der Waals surface area (Å²) in [5.74, 6) is -0.0925. The predicted octanol–water partition coefficient (Wildman–Crippen LogP) is 3.95. The lowest BCUT2D eigenvalue weighted by molar-refractivity contribution is -0.137. The van der Waals surface area contributed by atoms with Crippen molar-refractivity contribution in [3.05, 3.63) is 82.4 Å². The maximum atomic E-state index is 12.9. The largest absolute Gasteiger partial charge is 0.416 e. The molecule has 0 bridgehead atoms. The van der Waals surface area contributed by atoms with Crippen molar-refractivity contribution in [2.45, 2.75) is 25.6 Å². The number of nitrogens with zero attached hydrogens (tertiary/aromatic N) is 4. The van der Waals surface area contributed by atoms with Gasteiger partial charge in [-0.05, 0) is 36.6 Å². The Labute approximate surface area is 183 Å². The second-order valence-corrected chi connectivity index (χ2v) is 7.84. The molecule has 0 saturated carbocycles. The molecular weight excluding hydrogens is 421 g/mol. The van der Waals surface area contributed by atoms with Gasteiger partial charge < -0.3 is 9.64 Å². The summed E-state index contributed by atoms with van der Waals surface area (Å²) in [6.07, 6.45) is -1.18. The Morgan fingerprint density at radius 2 is 2.00 bits per heavy atom. The van der Waals surface area contributed by atoms with Crippen molar-refractivity contribution in [1.82, 2.24) is 19.7 Å². The molecule has 0 N–H and O–H groups in total. The number of aryl methyl sites for hydroxylation is 1. The van der Waals surface area contributed by atoms with Crippen molar-refractivity contribution in [3.8, 4) is 0 Å². The number of hydrogen-bond acceptors (Lipinski definition) is 4. The number of aromatic nitrogens is 3. The van der Waals surface area contributed by atoms with Crippen LogP contribution in [0.25, 0.3) is 0 Å². The van der Waals surface area contributed by atoms with Crippen molar-refractivity contribution in [2.75, 3.05) is 19.7 Å². The zero-order valence-corrected chi connectivity index (χ0v) is 17.8. The minimum Gasteiger partial charge on any atom is -0.368 e. The van der Waals surface area contributed by atoms with Crippen molar-refractivity contribution < 1.29 is 22.7 Å². The van der Waals surface area contributed by atoms with Crippen LogP contribution in [0.1, 0.15) is 44.5 Å². The van der Waals surface area contributed by atoms with Gasteiger partial charge in [-0.2, -0.15) is 18.3 Å². The molecule has 32 heavy (non-hydrogen) atoms. The SMILES string of the molecule is Cc1c(C(=O)N2CCO[C@H](c3ccc(Cc4cccc(C(F)(F)F)c4)cn3)C2)cnn1C. The van der Waals surface area contributed by atoms with Crippen LogP contribution in [0.15, 0.2) is 48.8 Å². The molecule has 0 radical (unpaired) electrons. The molecule has 1 aromatic carbocycles. The number of carbonyl (C=O) groups is 1. The first-order valence-electron chi connectivity index (χ1n) is 10.2. The van der Waals surface area contributed by atoms with E-state index < -0.39 is 11.7 Å². The quantitative estimate of drug-likeness (QED) is 0.612. The lowest BCUT2D eigenvalue weighted by Crippen LogP contribution is -2.42. The highest BCUT2D eigenvalue weighted by Gasteiger charge is 2.30. The molecular formula is C23H23F3N4O2. The fourth-order valence-electron chi connectivity index (χ4n) is 3.72. The average molecular weight is 444 g/mol. The minimum absolute atomic E-state index is 0.0925. The van der Waals surface area contributed by atoms with Gasteiger partial charge in [-0.1, -0.05) is 24.3 Å². The van der Waals surface area contributed by atoms with Gasteiger partial charge in [-0.3, -0.25) is 14.5 Å². The Bertz CT molecular complexity index is 1110. The van der Waals surface area contributed by atoms with Gasteiger partial charge in [0.25, 0.3) is 5.91 Å². The van der Waals surface area contributed by atoms with Crippen molar-refractivity contribution in [2.24, 2.45) is 7.05 Å². The Morgan fingerprint density at radius 1 is 1.19 bits per heavy atom. The number of rotatable bonds is 4. The number of hydrogen-bond donors (Lipinski definition) is 0. The first kappa shape index (κ1) is 22.0. The molecule has 1 aliphatic heterocycles. The van der Waals surface area contributed by atoms with Gasteiger partial charge in [-0.25, -0.2) is 0 Å². The standard InChI is InChI=1S/C23H23F3N4O2/c1-15-19(13-28-29(15)2)22(31)30-8-9-32-21(14-30)20-7-6-17(12-27-20)10-16-4-3-5-18(11-16)23(24,25)26/h3-7,11-13,21H,8-10,14H2,1-2H3/t21-/m0/s1. The molecule has 3 heterocycles. The minimum atomic E-state index is -4.37. The third-order valence-corrected chi connectivity index (χ3v) is 5.66. The molecule has 9 heteroatoms. The number of pyridine rings is 1. The lowest BCUT2D eigenvalue weighted by atomic mass is 10.0. The Morgan fingerprint density at radius 3 is 2.66 bits per heavy atom. The predicted molar refractivity (Wildman–Crippen MR) is 111 cm³/mol. The van der Waals surface area contributed by atoms with Crippen LogP contribution in [-0.4, -0.2) is 45.3 Å². The van der Waals surface area contributed by atoms with Crippen LogP contribution in [0.5, 0.6) is 0 Å². The maximum absolute atomic E-state index is 12.9. The van der Waals surface area contributed by atoms with Crippen LogP contribution in [-0.2, 0) is 24.4 Å². The first-order valence-corrected chi connectivity index (χ1v) is 10.2. The van der Waals surface area contributed by atoms with Crippen LogP contribution in [0.2, 0.25) is 0 Å². The number of benzene rings is 1. The van der Waals surface area contributed by atoms with E-state index in [1.807, 2.05) is 13.0 Å². The van der Waals surface area contributed by atoms with Gasteiger partial charge in [0.2, 0.25) is 0 Å². The van der Waals surface area contributed by atoms with E-state index in [-0.39, 0.29) is 12.0 Å². The van der Waals surface area contributed by atoms with E-state index in [9.17, 15) is 18.0 Å². The topological polar surface area (TPSA) is 60.3 Å². The summed E-state index contributed by atoms with van der Waals surface area (Å²) in [6, 6.07) is 8.92. The van der Waals surface area contributed by atoms with Crippen LogP contribution in [0, 0.1) is 6.92 Å². The molecule has 0 spiro atoms. The number of ether oxygens (including phenoxy) is 1. The monoisotopic (exact) mass is 444 g/mol. The summed E-state index contributed by atoms with van der Waals surface area (Å²) in [5.41, 5.74) is 2.74. The molecule has 3 aromatic rings. The van der Waals surface area contributed by atoms with E-state index in [4.69, 9.17) is 4.74 Å². The number of carbonyl (C=O) groups excluding carboxylic acids is 1. The van der Waals surface area contributed by atoms with Crippen LogP contribution in [0.3, 0.4) is 0 Å². The lowest BCUT2D eigenvalue weighted by Gasteiger charge is -2.32. The molecule has 4 rings (SSSR count). The summed E-state index contributed by atoms with van der Waals surface area (Å²) in [6.45, 7) is 3.09. The Hall–Kier alpha value is -3.20. The third kappa shape index (κ3) is 4.67. The van der Waals surface area contributed by atoms with Crippen LogP contribution in [0.4, 0.5) is 13.2 Å². The highest BCUT2D eigenvalue weighted by Crippen LogP contribution is 2.30. The van der Waals surface area contributed by atoms with Gasteiger partial charge in [0.1, 0.15) is 6.10 Å². The van der Waals surface area contributed by atoms with E-state index >= 15 is 0 Å². The van der Waals surface area contributed by atoms with E-state index in [0.717, 1.165) is 23.4 Å². The summed E-state index contributed by atoms with van der Waals surface area (Å²) in [4.78, 5) is 19.1. The average Bonchev–Trinajstić information content (AvgIpc) is 3.12. The summed E-state index contributed by atoms with van der Waals surface area (Å²) in [5, 5.41) is 4.14. The number of halogens is 3. The zero-order valence-electron chi connectivity index (χ0n) is 17.8. The molecule has 1 atom stereocenters. The molecule has 1 saturated heterocycles. The molecule has 1 fully saturated rings. The van der Waals surface area contributed by atoms with Crippen LogP contribution >= 0.6 is 0 Å². The highest BCUT2D eigenvalue weighted by molar-refractivity contribution is 5.95. The summed E-state index contributed by atoms with van der Waals surface area (Å²) < 4.78 is 46.3. The van der Waals surface area contributed by atoms with Crippen molar-refractivity contribution in [1.29, 1.82) is 0 Å². The molecule has 1 aliphatic rings.